The number of aromatic nitrogens is 1. The third kappa shape index (κ3) is 3.29. The van der Waals surface area contributed by atoms with E-state index in [9.17, 15) is 4.39 Å². The zero-order valence-electron chi connectivity index (χ0n) is 18.0. The second-order valence-electron chi connectivity index (χ2n) is 9.04. The summed E-state index contributed by atoms with van der Waals surface area (Å²) < 4.78 is 37.0. The van der Waals surface area contributed by atoms with Crippen LogP contribution in [-0.2, 0) is 15.0 Å². The van der Waals surface area contributed by atoms with Gasteiger partial charge in [0.05, 0.1) is 25.4 Å². The summed E-state index contributed by atoms with van der Waals surface area (Å²) in [6.07, 6.45) is 1.66. The van der Waals surface area contributed by atoms with Crippen molar-refractivity contribution in [3.63, 3.8) is 0 Å². The Morgan fingerprint density at radius 3 is 2.67 bits per heavy atom. The van der Waals surface area contributed by atoms with Gasteiger partial charge in [-0.2, -0.15) is 0 Å². The zero-order chi connectivity index (χ0) is 22.6. The molecule has 1 atom stereocenters. The van der Waals surface area contributed by atoms with Crippen LogP contribution in [0.25, 0.3) is 11.1 Å². The molecule has 0 unspecified atom stereocenters. The van der Waals surface area contributed by atoms with Crippen molar-refractivity contribution in [2.75, 3.05) is 26.4 Å². The quantitative estimate of drug-likeness (QED) is 0.651. The number of nitrogens with two attached hydrogens (primary N) is 1. The predicted molar refractivity (Wildman–Crippen MR) is 119 cm³/mol. The molecule has 2 N–H and O–H groups in total. The number of fused-ring (bicyclic) bond motifs is 4. The van der Waals surface area contributed by atoms with Crippen LogP contribution < -0.4 is 15.2 Å². The van der Waals surface area contributed by atoms with Gasteiger partial charge < -0.3 is 24.7 Å². The monoisotopic (exact) mass is 447 g/mol. The summed E-state index contributed by atoms with van der Waals surface area (Å²) in [6, 6.07) is 14.0. The first-order valence-corrected chi connectivity index (χ1v) is 10.7. The number of benzene rings is 2. The van der Waals surface area contributed by atoms with Crippen molar-refractivity contribution in [3.8, 4) is 28.5 Å². The smallest absolute Gasteiger partial charge is 0.283 e. The Hall–Kier alpha value is -3.65. The standard InChI is InChI=1S/C25H22FN3O4/c1-24(11-30-12-24)13-31-18-5-6-21-19(9-18)25(14-32-23(27)29-25)20-8-16(10-28-22(20)33-21)15-3-2-4-17(26)7-15/h2-10H,11-14H2,1H3,(H2,27,29)/t25-/m0/s1. The Kier molecular flexibility index (Phi) is 4.35. The highest BCUT2D eigenvalue weighted by atomic mass is 19.1. The second kappa shape index (κ2) is 7.18. The molecule has 4 heterocycles. The number of ether oxygens (including phenoxy) is 4. The van der Waals surface area contributed by atoms with Gasteiger partial charge in [-0.1, -0.05) is 19.1 Å². The van der Waals surface area contributed by atoms with E-state index in [1.807, 2.05) is 30.3 Å². The Balaban J connectivity index is 1.43. The molecular weight excluding hydrogens is 425 g/mol. The highest BCUT2D eigenvalue weighted by molar-refractivity contribution is 5.77. The van der Waals surface area contributed by atoms with Crippen LogP contribution in [0.5, 0.6) is 17.4 Å². The fraction of sp³-hybridized carbons (Fsp3) is 0.280. The molecule has 3 aromatic rings. The lowest BCUT2D eigenvalue weighted by Crippen LogP contribution is -2.44. The average Bonchev–Trinajstić information content (AvgIpc) is 3.19. The molecule has 3 aliphatic heterocycles. The molecule has 0 aliphatic carbocycles. The molecule has 8 heteroatoms. The molecular formula is C25H22FN3O4. The van der Waals surface area contributed by atoms with Crippen molar-refractivity contribution >= 4 is 6.02 Å². The fourth-order valence-electron chi connectivity index (χ4n) is 4.41. The first-order chi connectivity index (χ1) is 15.9. The van der Waals surface area contributed by atoms with Crippen molar-refractivity contribution in [2.24, 2.45) is 16.1 Å². The SMILES string of the molecule is CC1(COc2ccc3c(c2)[C@@]2(COC(N)=N2)c2cc(-c4cccc(F)c4)cnc2O3)COC1. The highest BCUT2D eigenvalue weighted by Crippen LogP contribution is 2.51. The minimum absolute atomic E-state index is 0.0134. The second-order valence-corrected chi connectivity index (χ2v) is 9.04. The van der Waals surface area contributed by atoms with E-state index in [1.54, 1.807) is 12.3 Å². The number of nitrogens with zero attached hydrogens (tertiary/aromatic N) is 2. The summed E-state index contributed by atoms with van der Waals surface area (Å²) in [5.74, 6) is 1.40. The lowest BCUT2D eigenvalue weighted by atomic mass is 9.81. The summed E-state index contributed by atoms with van der Waals surface area (Å²) in [4.78, 5) is 9.22. The van der Waals surface area contributed by atoms with E-state index in [2.05, 4.69) is 11.9 Å². The molecule has 0 radical (unpaired) electrons. The number of hydrogen-bond donors (Lipinski definition) is 1. The number of hydrogen-bond acceptors (Lipinski definition) is 7. The van der Waals surface area contributed by atoms with E-state index in [-0.39, 0.29) is 23.9 Å². The number of rotatable bonds is 4. The molecule has 168 valence electrons. The van der Waals surface area contributed by atoms with E-state index >= 15 is 0 Å². The van der Waals surface area contributed by atoms with Crippen LogP contribution >= 0.6 is 0 Å². The molecule has 1 aromatic heterocycles. The number of aliphatic imine (C=N–C) groups is 1. The Bertz CT molecular complexity index is 1290. The minimum Gasteiger partial charge on any atom is -0.493 e. The third-order valence-corrected chi connectivity index (χ3v) is 6.28. The summed E-state index contributed by atoms with van der Waals surface area (Å²) in [5.41, 5.74) is 7.98. The first-order valence-electron chi connectivity index (χ1n) is 10.7. The molecule has 2 aromatic carbocycles. The normalized spacial score (nSPS) is 21.8. The van der Waals surface area contributed by atoms with Gasteiger partial charge in [0, 0.05) is 22.7 Å². The molecule has 0 bridgehead atoms. The molecule has 1 fully saturated rings. The molecule has 3 aliphatic rings. The van der Waals surface area contributed by atoms with Gasteiger partial charge in [0.1, 0.15) is 23.9 Å². The highest BCUT2D eigenvalue weighted by Gasteiger charge is 2.48. The molecule has 33 heavy (non-hydrogen) atoms. The van der Waals surface area contributed by atoms with Crippen LogP contribution in [0.2, 0.25) is 0 Å². The van der Waals surface area contributed by atoms with Crippen LogP contribution in [0.15, 0.2) is 59.7 Å². The Labute approximate surface area is 190 Å². The predicted octanol–water partition coefficient (Wildman–Crippen LogP) is 4.00. The average molecular weight is 447 g/mol. The Morgan fingerprint density at radius 2 is 1.94 bits per heavy atom. The van der Waals surface area contributed by atoms with Gasteiger partial charge in [-0.05, 0) is 42.0 Å². The Morgan fingerprint density at radius 1 is 1.06 bits per heavy atom. The summed E-state index contributed by atoms with van der Waals surface area (Å²) >= 11 is 0. The van der Waals surface area contributed by atoms with E-state index in [1.165, 1.54) is 12.1 Å². The van der Waals surface area contributed by atoms with Gasteiger partial charge >= 0.3 is 0 Å². The lowest BCUT2D eigenvalue weighted by molar-refractivity contribution is -0.120. The van der Waals surface area contributed by atoms with Crippen molar-refractivity contribution < 1.29 is 23.3 Å². The van der Waals surface area contributed by atoms with Crippen LogP contribution in [-0.4, -0.2) is 37.4 Å². The van der Waals surface area contributed by atoms with Crippen LogP contribution in [0.4, 0.5) is 4.39 Å². The van der Waals surface area contributed by atoms with E-state index in [4.69, 9.17) is 29.7 Å². The maximum Gasteiger partial charge on any atom is 0.283 e. The maximum absolute atomic E-state index is 13.8. The molecule has 1 spiro atoms. The van der Waals surface area contributed by atoms with Crippen LogP contribution in [0, 0.1) is 11.2 Å². The fourth-order valence-corrected chi connectivity index (χ4v) is 4.41. The van der Waals surface area contributed by atoms with Crippen LogP contribution in [0.3, 0.4) is 0 Å². The van der Waals surface area contributed by atoms with Crippen molar-refractivity contribution in [1.29, 1.82) is 0 Å². The van der Waals surface area contributed by atoms with Crippen molar-refractivity contribution in [2.45, 2.75) is 12.5 Å². The topological polar surface area (TPSA) is 88.2 Å². The maximum atomic E-state index is 13.8. The minimum atomic E-state index is -0.938. The van der Waals surface area contributed by atoms with E-state index in [0.29, 0.717) is 48.3 Å². The number of halogens is 1. The molecule has 0 amide bonds. The first kappa shape index (κ1) is 20.0. The van der Waals surface area contributed by atoms with Gasteiger partial charge in [-0.3, -0.25) is 0 Å². The zero-order valence-corrected chi connectivity index (χ0v) is 18.0. The summed E-state index contributed by atoms with van der Waals surface area (Å²) in [6.45, 7) is 4.24. The number of amidine groups is 1. The number of pyridine rings is 1. The van der Waals surface area contributed by atoms with Crippen molar-refractivity contribution in [3.05, 3.63) is 71.7 Å². The van der Waals surface area contributed by atoms with Gasteiger partial charge in [-0.25, -0.2) is 14.4 Å². The largest absolute Gasteiger partial charge is 0.493 e. The van der Waals surface area contributed by atoms with Gasteiger partial charge in [0.15, 0.2) is 5.54 Å². The third-order valence-electron chi connectivity index (χ3n) is 6.28. The van der Waals surface area contributed by atoms with Gasteiger partial charge in [0.2, 0.25) is 5.88 Å². The van der Waals surface area contributed by atoms with Gasteiger partial charge in [-0.15, -0.1) is 0 Å². The molecule has 6 rings (SSSR count). The van der Waals surface area contributed by atoms with Crippen LogP contribution in [0.1, 0.15) is 18.1 Å². The van der Waals surface area contributed by atoms with Crippen molar-refractivity contribution in [1.82, 2.24) is 4.98 Å². The molecule has 0 saturated carbocycles. The molecule has 7 nitrogen and oxygen atoms in total. The molecule has 1 saturated heterocycles. The summed E-state index contributed by atoms with van der Waals surface area (Å²) in [5, 5.41) is 0. The van der Waals surface area contributed by atoms with E-state index < -0.39 is 5.54 Å². The van der Waals surface area contributed by atoms with E-state index in [0.717, 1.165) is 11.1 Å². The summed E-state index contributed by atoms with van der Waals surface area (Å²) in [7, 11) is 0. The van der Waals surface area contributed by atoms with Gasteiger partial charge in [0.25, 0.3) is 6.02 Å². The lowest BCUT2D eigenvalue weighted by Gasteiger charge is -2.37.